The fraction of sp³-hybridized carbons (Fsp3) is 1.00. The van der Waals surface area contributed by atoms with Crippen LogP contribution < -0.4 is 6.15 Å². The molecule has 0 spiro atoms. The monoisotopic (exact) mass is 135 g/mol. The van der Waals surface area contributed by atoms with Crippen molar-refractivity contribution in [1.82, 2.24) is 6.15 Å². The van der Waals surface area contributed by atoms with Crippen LogP contribution in [0.5, 0.6) is 0 Å². The highest BCUT2D eigenvalue weighted by Gasteiger charge is 2.20. The molecule has 5 N–H and O–H groups in total. The van der Waals surface area contributed by atoms with Gasteiger partial charge in [0.1, 0.15) is 0 Å². The summed E-state index contributed by atoms with van der Waals surface area (Å²) in [6.45, 7) is 5.23. The molecule has 3 nitrogen and oxygen atoms in total. The number of hydrogen-bond acceptors (Lipinski definition) is 3. The predicted octanol–water partition coefficient (Wildman–Crippen LogP) is 0.548. The zero-order valence-corrected chi connectivity index (χ0v) is 6.39. The van der Waals surface area contributed by atoms with Gasteiger partial charge >= 0.3 is 0 Å². The van der Waals surface area contributed by atoms with Crippen LogP contribution in [0, 0.1) is 5.92 Å². The molecule has 0 fully saturated rings. The molecule has 0 aromatic rings. The molecule has 0 aliphatic carbocycles. The van der Waals surface area contributed by atoms with Gasteiger partial charge in [-0.3, -0.25) is 0 Å². The van der Waals surface area contributed by atoms with Crippen LogP contribution in [0.4, 0.5) is 0 Å². The van der Waals surface area contributed by atoms with Gasteiger partial charge in [0.15, 0.2) is 0 Å². The molecule has 0 aromatic heterocycles. The third kappa shape index (κ3) is 4.39. The van der Waals surface area contributed by atoms with E-state index in [2.05, 4.69) is 0 Å². The highest BCUT2D eigenvalue weighted by Crippen LogP contribution is 2.13. The standard InChI is InChI=1S/C6H14O2.H3N/c1-5(4-7)6(2,3)8;/h5,7-8H,4H2,1-3H3;1H3. The molecule has 0 saturated carbocycles. The Bertz CT molecular complexity index is 67.9. The molecule has 9 heavy (non-hydrogen) atoms. The van der Waals surface area contributed by atoms with Crippen LogP contribution >= 0.6 is 0 Å². The molecule has 0 rings (SSSR count). The average molecular weight is 135 g/mol. The lowest BCUT2D eigenvalue weighted by Gasteiger charge is -2.23. The summed E-state index contributed by atoms with van der Waals surface area (Å²) in [6.07, 6.45) is 0. The maximum Gasteiger partial charge on any atom is 0.0639 e. The van der Waals surface area contributed by atoms with Gasteiger partial charge in [0.05, 0.1) is 5.60 Å². The Kier molecular flexibility index (Phi) is 4.95. The first-order chi connectivity index (χ1) is 3.48. The van der Waals surface area contributed by atoms with Gasteiger partial charge in [-0.25, -0.2) is 0 Å². The molecule has 0 saturated heterocycles. The third-order valence-electron chi connectivity index (χ3n) is 1.48. The summed E-state index contributed by atoms with van der Waals surface area (Å²) in [5.74, 6) is -0.0394. The molecular formula is C6H17NO2. The summed E-state index contributed by atoms with van der Waals surface area (Å²) in [5.41, 5.74) is -0.741. The minimum Gasteiger partial charge on any atom is -0.396 e. The Hall–Kier alpha value is -0.120. The first-order valence-electron chi connectivity index (χ1n) is 2.81. The van der Waals surface area contributed by atoms with Gasteiger partial charge in [-0.15, -0.1) is 0 Å². The van der Waals surface area contributed by atoms with Crippen LogP contribution in [0.1, 0.15) is 20.8 Å². The van der Waals surface area contributed by atoms with Crippen molar-refractivity contribution in [2.45, 2.75) is 26.4 Å². The highest BCUT2D eigenvalue weighted by atomic mass is 16.3. The summed E-state index contributed by atoms with van der Waals surface area (Å²) in [4.78, 5) is 0. The lowest BCUT2D eigenvalue weighted by molar-refractivity contribution is 0.000238. The SMILES string of the molecule is CC(CO)C(C)(C)O.N. The van der Waals surface area contributed by atoms with E-state index in [1.54, 1.807) is 20.8 Å². The number of rotatable bonds is 2. The maximum atomic E-state index is 9.13. The van der Waals surface area contributed by atoms with E-state index in [1.165, 1.54) is 0 Å². The summed E-state index contributed by atoms with van der Waals surface area (Å²) < 4.78 is 0. The molecule has 0 bridgehead atoms. The minimum atomic E-state index is -0.741. The molecule has 0 aliphatic rings. The zero-order chi connectivity index (χ0) is 6.78. The van der Waals surface area contributed by atoms with Crippen molar-refractivity contribution in [1.29, 1.82) is 0 Å². The van der Waals surface area contributed by atoms with Crippen LogP contribution in [-0.4, -0.2) is 22.4 Å². The van der Waals surface area contributed by atoms with Crippen molar-refractivity contribution in [2.75, 3.05) is 6.61 Å². The van der Waals surface area contributed by atoms with Crippen molar-refractivity contribution in [2.24, 2.45) is 5.92 Å². The fourth-order valence-electron chi connectivity index (χ4n) is 0.223. The van der Waals surface area contributed by atoms with Crippen molar-refractivity contribution in [3.8, 4) is 0 Å². The molecule has 58 valence electrons. The summed E-state index contributed by atoms with van der Waals surface area (Å²) in [6, 6.07) is 0. The third-order valence-corrected chi connectivity index (χ3v) is 1.48. The number of hydrogen-bond donors (Lipinski definition) is 3. The normalized spacial score (nSPS) is 14.3. The predicted molar refractivity (Wildman–Crippen MR) is 37.6 cm³/mol. The van der Waals surface area contributed by atoms with Gasteiger partial charge in [0.25, 0.3) is 0 Å². The largest absolute Gasteiger partial charge is 0.396 e. The van der Waals surface area contributed by atoms with E-state index in [0.29, 0.717) is 0 Å². The van der Waals surface area contributed by atoms with Crippen LogP contribution in [0.15, 0.2) is 0 Å². The Morgan fingerprint density at radius 3 is 1.78 bits per heavy atom. The Morgan fingerprint density at radius 2 is 1.78 bits per heavy atom. The van der Waals surface area contributed by atoms with Gasteiger partial charge in [-0.2, -0.15) is 0 Å². The van der Waals surface area contributed by atoms with Crippen molar-refractivity contribution in [3.05, 3.63) is 0 Å². The van der Waals surface area contributed by atoms with E-state index in [-0.39, 0.29) is 18.7 Å². The second kappa shape index (κ2) is 3.82. The van der Waals surface area contributed by atoms with Gasteiger partial charge in [-0.05, 0) is 13.8 Å². The molecule has 0 radical (unpaired) electrons. The molecule has 0 aliphatic heterocycles. The van der Waals surface area contributed by atoms with E-state index >= 15 is 0 Å². The quantitative estimate of drug-likeness (QED) is 0.517. The van der Waals surface area contributed by atoms with Crippen molar-refractivity contribution >= 4 is 0 Å². The topological polar surface area (TPSA) is 75.5 Å². The first-order valence-corrected chi connectivity index (χ1v) is 2.81. The lowest BCUT2D eigenvalue weighted by Crippen LogP contribution is -2.30. The Morgan fingerprint density at radius 1 is 1.44 bits per heavy atom. The van der Waals surface area contributed by atoms with Crippen molar-refractivity contribution < 1.29 is 10.2 Å². The minimum absolute atomic E-state index is 0. The first kappa shape index (κ1) is 11.6. The number of aliphatic hydroxyl groups excluding tert-OH is 1. The second-order valence-corrected chi connectivity index (χ2v) is 2.74. The van der Waals surface area contributed by atoms with Crippen LogP contribution in [0.25, 0.3) is 0 Å². The van der Waals surface area contributed by atoms with Gasteiger partial charge in [0.2, 0.25) is 0 Å². The molecule has 0 aromatic carbocycles. The van der Waals surface area contributed by atoms with E-state index in [1.807, 2.05) is 0 Å². The molecule has 1 atom stereocenters. The summed E-state index contributed by atoms with van der Waals surface area (Å²) in [7, 11) is 0. The summed E-state index contributed by atoms with van der Waals surface area (Å²) >= 11 is 0. The fourth-order valence-corrected chi connectivity index (χ4v) is 0.223. The highest BCUT2D eigenvalue weighted by molar-refractivity contribution is 4.71. The van der Waals surface area contributed by atoms with E-state index in [4.69, 9.17) is 10.2 Å². The second-order valence-electron chi connectivity index (χ2n) is 2.74. The Balaban J connectivity index is 0. The molecule has 0 amide bonds. The molecule has 3 heteroatoms. The Labute approximate surface area is 56.3 Å². The average Bonchev–Trinajstić information content (AvgIpc) is 1.62. The van der Waals surface area contributed by atoms with Gasteiger partial charge in [0, 0.05) is 12.5 Å². The molecule has 0 heterocycles. The smallest absolute Gasteiger partial charge is 0.0639 e. The summed E-state index contributed by atoms with van der Waals surface area (Å²) in [5, 5.41) is 17.6. The maximum absolute atomic E-state index is 9.13. The van der Waals surface area contributed by atoms with E-state index in [9.17, 15) is 0 Å². The van der Waals surface area contributed by atoms with Crippen molar-refractivity contribution in [3.63, 3.8) is 0 Å². The zero-order valence-electron chi connectivity index (χ0n) is 6.39. The van der Waals surface area contributed by atoms with Crippen LogP contribution in [0.3, 0.4) is 0 Å². The van der Waals surface area contributed by atoms with Crippen LogP contribution in [0.2, 0.25) is 0 Å². The lowest BCUT2D eigenvalue weighted by atomic mass is 9.94. The van der Waals surface area contributed by atoms with Crippen LogP contribution in [-0.2, 0) is 0 Å². The van der Waals surface area contributed by atoms with Gasteiger partial charge < -0.3 is 16.4 Å². The van der Waals surface area contributed by atoms with E-state index in [0.717, 1.165) is 0 Å². The molecule has 1 unspecified atom stereocenters. The number of aliphatic hydroxyl groups is 2. The van der Waals surface area contributed by atoms with E-state index < -0.39 is 5.60 Å². The van der Waals surface area contributed by atoms with Gasteiger partial charge in [-0.1, -0.05) is 6.92 Å². The molecular weight excluding hydrogens is 118 g/mol.